The number of hydrogen-bond donors (Lipinski definition) is 3. The van der Waals surface area contributed by atoms with Gasteiger partial charge >= 0.3 is 6.03 Å². The van der Waals surface area contributed by atoms with Crippen LogP contribution >= 0.6 is 0 Å². The van der Waals surface area contributed by atoms with Crippen LogP contribution in [0.1, 0.15) is 0 Å². The van der Waals surface area contributed by atoms with Crippen molar-refractivity contribution in [1.29, 1.82) is 0 Å². The Morgan fingerprint density at radius 1 is 1.21 bits per heavy atom. The van der Waals surface area contributed by atoms with Crippen LogP contribution in [0.25, 0.3) is 0 Å². The molecule has 0 atom stereocenters. The molecular weight excluding hydrogens is 244 g/mol. The highest BCUT2D eigenvalue weighted by Gasteiger charge is 2.08. The fourth-order valence-corrected chi connectivity index (χ4v) is 1.54. The number of rotatable bonds is 3. The molecule has 2 aromatic rings. The maximum Gasteiger partial charge on any atom is 0.323 e. The first-order chi connectivity index (χ1) is 9.20. The Hall–Kier alpha value is -2.76. The Morgan fingerprint density at radius 3 is 2.68 bits per heavy atom. The largest absolute Gasteiger partial charge is 0.495 e. The second-order valence-electron chi connectivity index (χ2n) is 3.74. The van der Waals surface area contributed by atoms with E-state index in [9.17, 15) is 4.79 Å². The van der Waals surface area contributed by atoms with E-state index in [1.54, 1.807) is 37.6 Å². The number of pyridine rings is 1. The van der Waals surface area contributed by atoms with E-state index in [1.807, 2.05) is 6.07 Å². The maximum absolute atomic E-state index is 11.8. The molecule has 1 aromatic heterocycles. The lowest BCUT2D eigenvalue weighted by atomic mass is 10.3. The summed E-state index contributed by atoms with van der Waals surface area (Å²) >= 11 is 0. The third kappa shape index (κ3) is 3.12. The summed E-state index contributed by atoms with van der Waals surface area (Å²) < 4.78 is 5.14. The van der Waals surface area contributed by atoms with E-state index in [0.717, 1.165) is 0 Å². The van der Waals surface area contributed by atoms with Crippen molar-refractivity contribution in [2.24, 2.45) is 0 Å². The molecule has 0 aliphatic rings. The number of ether oxygens (including phenoxy) is 1. The summed E-state index contributed by atoms with van der Waals surface area (Å²) in [6.45, 7) is 0. The molecule has 1 aromatic carbocycles. The first kappa shape index (κ1) is 12.7. The van der Waals surface area contributed by atoms with Gasteiger partial charge in [0.25, 0.3) is 0 Å². The molecule has 6 heteroatoms. The predicted molar refractivity (Wildman–Crippen MR) is 74.3 cm³/mol. The van der Waals surface area contributed by atoms with Gasteiger partial charge in [0.1, 0.15) is 5.75 Å². The fourth-order valence-electron chi connectivity index (χ4n) is 1.54. The second kappa shape index (κ2) is 5.72. The highest BCUT2D eigenvalue weighted by atomic mass is 16.5. The van der Waals surface area contributed by atoms with Crippen LogP contribution in [0.5, 0.6) is 5.75 Å². The third-order valence-electron chi connectivity index (χ3n) is 2.46. The molecule has 19 heavy (non-hydrogen) atoms. The highest BCUT2D eigenvalue weighted by Crippen LogP contribution is 2.23. The van der Waals surface area contributed by atoms with E-state index in [0.29, 0.717) is 22.8 Å². The molecule has 0 saturated heterocycles. The van der Waals surface area contributed by atoms with Crippen molar-refractivity contribution < 1.29 is 9.53 Å². The normalized spacial score (nSPS) is 9.74. The van der Waals surface area contributed by atoms with E-state index in [-0.39, 0.29) is 0 Å². The van der Waals surface area contributed by atoms with E-state index < -0.39 is 6.03 Å². The smallest absolute Gasteiger partial charge is 0.323 e. The molecule has 0 aliphatic carbocycles. The Kier molecular flexibility index (Phi) is 3.82. The lowest BCUT2D eigenvalue weighted by molar-refractivity contribution is 0.262. The van der Waals surface area contributed by atoms with Gasteiger partial charge in [-0.15, -0.1) is 0 Å². The van der Waals surface area contributed by atoms with Gasteiger partial charge in [0.05, 0.1) is 30.4 Å². The summed E-state index contributed by atoms with van der Waals surface area (Å²) in [5.41, 5.74) is 7.17. The van der Waals surface area contributed by atoms with Gasteiger partial charge in [-0.05, 0) is 18.2 Å². The summed E-state index contributed by atoms with van der Waals surface area (Å²) in [5.74, 6) is 0.584. The number of nitrogens with two attached hydrogens (primary N) is 1. The quantitative estimate of drug-likeness (QED) is 0.788. The third-order valence-corrected chi connectivity index (χ3v) is 2.46. The van der Waals surface area contributed by atoms with Gasteiger partial charge in [-0.1, -0.05) is 12.1 Å². The topological polar surface area (TPSA) is 89.3 Å². The van der Waals surface area contributed by atoms with Gasteiger partial charge in [0.15, 0.2) is 0 Å². The zero-order chi connectivity index (χ0) is 13.7. The number of benzene rings is 1. The number of amides is 2. The van der Waals surface area contributed by atoms with E-state index in [2.05, 4.69) is 15.6 Å². The lowest BCUT2D eigenvalue weighted by Gasteiger charge is -2.11. The van der Waals surface area contributed by atoms with Crippen molar-refractivity contribution in [2.45, 2.75) is 0 Å². The summed E-state index contributed by atoms with van der Waals surface area (Å²) in [5, 5.41) is 5.33. The van der Waals surface area contributed by atoms with E-state index in [1.165, 1.54) is 6.20 Å². The van der Waals surface area contributed by atoms with Crippen LogP contribution in [0.3, 0.4) is 0 Å². The van der Waals surface area contributed by atoms with Gasteiger partial charge in [-0.3, -0.25) is 4.98 Å². The number of carbonyl (C=O) groups excluding carboxylic acids is 1. The standard InChI is InChI=1S/C13H14N4O2/c1-19-12-5-3-2-4-11(12)17-13(18)16-10-6-7-15-8-9(10)14/h2-8H,14H2,1H3,(H2,15,16,17,18). The van der Waals surface area contributed by atoms with Gasteiger partial charge in [0, 0.05) is 6.20 Å². The molecule has 6 nitrogen and oxygen atoms in total. The van der Waals surface area contributed by atoms with Crippen molar-refractivity contribution in [3.05, 3.63) is 42.7 Å². The second-order valence-corrected chi connectivity index (χ2v) is 3.74. The van der Waals surface area contributed by atoms with Gasteiger partial charge in [-0.2, -0.15) is 0 Å². The van der Waals surface area contributed by atoms with Crippen LogP contribution in [0.4, 0.5) is 21.9 Å². The zero-order valence-corrected chi connectivity index (χ0v) is 10.4. The number of nitrogens with zero attached hydrogens (tertiary/aromatic N) is 1. The van der Waals surface area contributed by atoms with Crippen molar-refractivity contribution >= 4 is 23.1 Å². The van der Waals surface area contributed by atoms with Gasteiger partial charge < -0.3 is 21.1 Å². The molecule has 0 bridgehead atoms. The van der Waals surface area contributed by atoms with E-state index in [4.69, 9.17) is 10.5 Å². The summed E-state index contributed by atoms with van der Waals surface area (Å²) in [4.78, 5) is 15.7. The predicted octanol–water partition coefficient (Wildman–Crippen LogP) is 2.32. The Labute approximate surface area is 110 Å². The molecule has 98 valence electrons. The molecule has 0 fully saturated rings. The summed E-state index contributed by atoms with van der Waals surface area (Å²) in [6, 6.07) is 8.35. The zero-order valence-electron chi connectivity index (χ0n) is 10.4. The number of aromatic nitrogens is 1. The first-order valence-electron chi connectivity index (χ1n) is 5.61. The molecule has 0 spiro atoms. The Morgan fingerprint density at radius 2 is 1.95 bits per heavy atom. The van der Waals surface area contributed by atoms with Crippen LogP contribution in [0.2, 0.25) is 0 Å². The Balaban J connectivity index is 2.08. The molecular formula is C13H14N4O2. The number of hydrogen-bond acceptors (Lipinski definition) is 4. The van der Waals surface area contributed by atoms with Crippen LogP contribution in [0.15, 0.2) is 42.7 Å². The Bertz CT molecular complexity index is 586. The van der Waals surface area contributed by atoms with E-state index >= 15 is 0 Å². The average Bonchev–Trinajstić information content (AvgIpc) is 2.42. The summed E-state index contributed by atoms with van der Waals surface area (Å²) in [6.07, 6.45) is 3.02. The lowest BCUT2D eigenvalue weighted by Crippen LogP contribution is -2.20. The van der Waals surface area contributed by atoms with Gasteiger partial charge in [-0.25, -0.2) is 4.79 Å². The van der Waals surface area contributed by atoms with Crippen molar-refractivity contribution in [1.82, 2.24) is 4.98 Å². The van der Waals surface area contributed by atoms with Crippen LogP contribution in [-0.2, 0) is 0 Å². The van der Waals surface area contributed by atoms with Crippen molar-refractivity contribution in [3.8, 4) is 5.75 Å². The number of methoxy groups -OCH3 is 1. The minimum atomic E-state index is -0.401. The number of para-hydroxylation sites is 2. The molecule has 0 radical (unpaired) electrons. The molecule has 1 heterocycles. The minimum absolute atomic E-state index is 0.401. The molecule has 2 amide bonds. The monoisotopic (exact) mass is 258 g/mol. The molecule has 0 unspecified atom stereocenters. The highest BCUT2D eigenvalue weighted by molar-refractivity contribution is 6.02. The number of anilines is 3. The summed E-state index contributed by atoms with van der Waals surface area (Å²) in [7, 11) is 1.54. The van der Waals surface area contributed by atoms with Gasteiger partial charge in [0.2, 0.25) is 0 Å². The maximum atomic E-state index is 11.8. The molecule has 2 rings (SSSR count). The van der Waals surface area contributed by atoms with Crippen LogP contribution < -0.4 is 21.1 Å². The van der Waals surface area contributed by atoms with Crippen LogP contribution in [0, 0.1) is 0 Å². The molecule has 0 saturated carbocycles. The SMILES string of the molecule is COc1ccccc1NC(=O)Nc1ccncc1N. The number of carbonyl (C=O) groups is 1. The number of nitrogen functional groups attached to an aromatic ring is 1. The number of urea groups is 1. The van der Waals surface area contributed by atoms with Crippen molar-refractivity contribution in [2.75, 3.05) is 23.5 Å². The average molecular weight is 258 g/mol. The van der Waals surface area contributed by atoms with Crippen molar-refractivity contribution in [3.63, 3.8) is 0 Å². The minimum Gasteiger partial charge on any atom is -0.495 e. The molecule has 4 N–H and O–H groups in total. The molecule has 0 aliphatic heterocycles. The first-order valence-corrected chi connectivity index (χ1v) is 5.61. The van der Waals surface area contributed by atoms with Crippen LogP contribution in [-0.4, -0.2) is 18.1 Å². The fraction of sp³-hybridized carbons (Fsp3) is 0.0769. The number of nitrogens with one attached hydrogen (secondary N) is 2.